The Bertz CT molecular complexity index is 146. The summed E-state index contributed by atoms with van der Waals surface area (Å²) in [7, 11) is 0. The summed E-state index contributed by atoms with van der Waals surface area (Å²) in [6.45, 7) is 1.86. The van der Waals surface area contributed by atoms with Gasteiger partial charge in [-0.2, -0.15) is 0 Å². The van der Waals surface area contributed by atoms with Gasteiger partial charge in [-0.25, -0.2) is 0 Å². The average Bonchev–Trinajstić information content (AvgIpc) is 1.85. The third kappa shape index (κ3) is 5.13. The van der Waals surface area contributed by atoms with Crippen molar-refractivity contribution in [1.29, 1.82) is 0 Å². The Morgan fingerprint density at radius 2 is 2.50 bits per heavy atom. The van der Waals surface area contributed by atoms with Gasteiger partial charge in [0.1, 0.15) is 0 Å². The van der Waals surface area contributed by atoms with Crippen LogP contribution in [0.2, 0.25) is 0 Å². The predicted molar refractivity (Wildman–Crippen MR) is 38.1 cm³/mol. The lowest BCUT2D eigenvalue weighted by molar-refractivity contribution is -0.120. The van der Waals surface area contributed by atoms with Crippen LogP contribution in [0.5, 0.6) is 0 Å². The standard InChI is InChI=1S/C7H11NO2/c1-3-4-7(10)8-5-6(2)9/h1,6,9H,4-5H2,2H3,(H,8,10)/t6-/m1/s1. The molecule has 3 heteroatoms. The lowest BCUT2D eigenvalue weighted by atomic mass is 10.3. The number of hydrogen-bond acceptors (Lipinski definition) is 2. The number of nitrogens with one attached hydrogen (secondary N) is 1. The van der Waals surface area contributed by atoms with Gasteiger partial charge >= 0.3 is 0 Å². The molecule has 0 heterocycles. The number of rotatable bonds is 3. The summed E-state index contributed by atoms with van der Waals surface area (Å²) >= 11 is 0. The molecule has 0 saturated heterocycles. The van der Waals surface area contributed by atoms with Crippen LogP contribution in [-0.2, 0) is 4.79 Å². The minimum Gasteiger partial charge on any atom is -0.392 e. The highest BCUT2D eigenvalue weighted by Gasteiger charge is 1.98. The third-order valence-electron chi connectivity index (χ3n) is 0.857. The predicted octanol–water partition coefficient (Wildman–Crippen LogP) is -0.493. The lowest BCUT2D eigenvalue weighted by Crippen LogP contribution is -2.29. The smallest absolute Gasteiger partial charge is 0.232 e. The summed E-state index contributed by atoms with van der Waals surface area (Å²) in [5, 5.41) is 11.2. The van der Waals surface area contributed by atoms with Crippen LogP contribution in [0.15, 0.2) is 0 Å². The first kappa shape index (κ1) is 8.99. The van der Waals surface area contributed by atoms with Crippen LogP contribution >= 0.6 is 0 Å². The summed E-state index contributed by atoms with van der Waals surface area (Å²) in [6, 6.07) is 0. The molecule has 0 rings (SSSR count). The topological polar surface area (TPSA) is 49.3 Å². The second-order valence-electron chi connectivity index (χ2n) is 2.03. The van der Waals surface area contributed by atoms with Crippen molar-refractivity contribution in [3.8, 4) is 12.3 Å². The van der Waals surface area contributed by atoms with Gasteiger partial charge in [0.25, 0.3) is 0 Å². The Kier molecular flexibility index (Phi) is 4.34. The van der Waals surface area contributed by atoms with Gasteiger partial charge in [-0.1, -0.05) is 5.92 Å². The van der Waals surface area contributed by atoms with Crippen molar-refractivity contribution in [1.82, 2.24) is 5.32 Å². The van der Waals surface area contributed by atoms with E-state index in [1.165, 1.54) is 0 Å². The zero-order chi connectivity index (χ0) is 7.98. The summed E-state index contributed by atoms with van der Waals surface area (Å²) in [6.07, 6.45) is 4.43. The van der Waals surface area contributed by atoms with E-state index in [1.54, 1.807) is 6.92 Å². The first-order chi connectivity index (χ1) is 4.66. The van der Waals surface area contributed by atoms with E-state index < -0.39 is 6.10 Å². The second-order valence-corrected chi connectivity index (χ2v) is 2.03. The van der Waals surface area contributed by atoms with Crippen molar-refractivity contribution in [2.45, 2.75) is 19.4 Å². The van der Waals surface area contributed by atoms with Gasteiger partial charge in [0.2, 0.25) is 5.91 Å². The molecule has 0 fully saturated rings. The Hall–Kier alpha value is -1.01. The quantitative estimate of drug-likeness (QED) is 0.521. The number of terminal acetylenes is 1. The molecule has 2 N–H and O–H groups in total. The Morgan fingerprint density at radius 3 is 2.90 bits per heavy atom. The molecule has 0 aliphatic carbocycles. The summed E-state index contributed by atoms with van der Waals surface area (Å²) < 4.78 is 0. The number of aliphatic hydroxyl groups excluding tert-OH is 1. The van der Waals surface area contributed by atoms with Crippen molar-refractivity contribution >= 4 is 5.91 Å². The molecular formula is C7H11NO2. The zero-order valence-corrected chi connectivity index (χ0v) is 5.92. The van der Waals surface area contributed by atoms with Crippen LogP contribution in [0, 0.1) is 12.3 Å². The van der Waals surface area contributed by atoms with Crippen LogP contribution in [-0.4, -0.2) is 23.7 Å². The van der Waals surface area contributed by atoms with Gasteiger partial charge in [-0.05, 0) is 6.92 Å². The Morgan fingerprint density at radius 1 is 1.90 bits per heavy atom. The molecule has 0 radical (unpaired) electrons. The molecule has 0 aromatic heterocycles. The Labute approximate surface area is 60.4 Å². The molecule has 0 bridgehead atoms. The summed E-state index contributed by atoms with van der Waals surface area (Å²) in [5.74, 6) is 1.98. The van der Waals surface area contributed by atoms with Crippen LogP contribution in [0.1, 0.15) is 13.3 Å². The van der Waals surface area contributed by atoms with Crippen molar-refractivity contribution in [2.24, 2.45) is 0 Å². The number of aliphatic hydroxyl groups is 1. The fraction of sp³-hybridized carbons (Fsp3) is 0.571. The van der Waals surface area contributed by atoms with E-state index in [2.05, 4.69) is 11.2 Å². The molecule has 10 heavy (non-hydrogen) atoms. The van der Waals surface area contributed by atoms with Gasteiger partial charge in [0, 0.05) is 6.54 Å². The van der Waals surface area contributed by atoms with Crippen LogP contribution < -0.4 is 5.32 Å². The van der Waals surface area contributed by atoms with E-state index in [-0.39, 0.29) is 18.9 Å². The van der Waals surface area contributed by atoms with E-state index in [0.29, 0.717) is 0 Å². The highest BCUT2D eigenvalue weighted by atomic mass is 16.3. The van der Waals surface area contributed by atoms with Crippen LogP contribution in [0.4, 0.5) is 0 Å². The molecule has 0 aromatic rings. The Balaban J connectivity index is 3.33. The maximum atomic E-state index is 10.6. The van der Waals surface area contributed by atoms with E-state index in [0.717, 1.165) is 0 Å². The normalized spacial score (nSPS) is 11.7. The molecule has 0 saturated carbocycles. The number of carbonyl (C=O) groups is 1. The summed E-state index contributed by atoms with van der Waals surface area (Å²) in [4.78, 5) is 10.6. The molecule has 0 aliphatic heterocycles. The molecule has 0 aromatic carbocycles. The van der Waals surface area contributed by atoms with Crippen molar-refractivity contribution < 1.29 is 9.90 Å². The van der Waals surface area contributed by atoms with Crippen molar-refractivity contribution in [3.05, 3.63) is 0 Å². The molecule has 0 spiro atoms. The first-order valence-corrected chi connectivity index (χ1v) is 3.05. The fourth-order valence-corrected chi connectivity index (χ4v) is 0.417. The molecule has 0 aliphatic rings. The molecule has 1 atom stereocenters. The monoisotopic (exact) mass is 141 g/mol. The van der Waals surface area contributed by atoms with E-state index in [9.17, 15) is 4.79 Å². The van der Waals surface area contributed by atoms with E-state index in [4.69, 9.17) is 11.5 Å². The highest BCUT2D eigenvalue weighted by Crippen LogP contribution is 1.78. The second kappa shape index (κ2) is 4.83. The van der Waals surface area contributed by atoms with Crippen LogP contribution in [0.3, 0.4) is 0 Å². The van der Waals surface area contributed by atoms with Gasteiger partial charge in [-0.3, -0.25) is 4.79 Å². The van der Waals surface area contributed by atoms with Gasteiger partial charge < -0.3 is 10.4 Å². The fourth-order valence-electron chi connectivity index (χ4n) is 0.417. The van der Waals surface area contributed by atoms with Crippen molar-refractivity contribution in [2.75, 3.05) is 6.54 Å². The summed E-state index contributed by atoms with van der Waals surface area (Å²) in [5.41, 5.74) is 0. The molecule has 3 nitrogen and oxygen atoms in total. The number of hydrogen-bond donors (Lipinski definition) is 2. The SMILES string of the molecule is C#CCC(=O)NC[C@@H](C)O. The molecule has 0 unspecified atom stereocenters. The zero-order valence-electron chi connectivity index (χ0n) is 5.92. The van der Waals surface area contributed by atoms with E-state index >= 15 is 0 Å². The lowest BCUT2D eigenvalue weighted by Gasteiger charge is -2.03. The minimum atomic E-state index is -0.512. The third-order valence-corrected chi connectivity index (χ3v) is 0.857. The van der Waals surface area contributed by atoms with Gasteiger partial charge in [-0.15, -0.1) is 6.42 Å². The number of amides is 1. The number of carbonyl (C=O) groups excluding carboxylic acids is 1. The molecule has 56 valence electrons. The largest absolute Gasteiger partial charge is 0.392 e. The minimum absolute atomic E-state index is 0.0761. The maximum Gasteiger partial charge on any atom is 0.232 e. The van der Waals surface area contributed by atoms with Gasteiger partial charge in [0.05, 0.1) is 12.5 Å². The molecule has 1 amide bonds. The van der Waals surface area contributed by atoms with Crippen molar-refractivity contribution in [3.63, 3.8) is 0 Å². The average molecular weight is 141 g/mol. The van der Waals surface area contributed by atoms with E-state index in [1.807, 2.05) is 0 Å². The van der Waals surface area contributed by atoms with Gasteiger partial charge in [0.15, 0.2) is 0 Å². The van der Waals surface area contributed by atoms with Crippen LogP contribution in [0.25, 0.3) is 0 Å². The molecular weight excluding hydrogens is 130 g/mol. The first-order valence-electron chi connectivity index (χ1n) is 3.05. The maximum absolute atomic E-state index is 10.6. The highest BCUT2D eigenvalue weighted by molar-refractivity contribution is 5.78.